The average Bonchev–Trinajstić information content (AvgIpc) is 3.32. The molecule has 10 nitrogen and oxygen atoms in total. The summed E-state index contributed by atoms with van der Waals surface area (Å²) in [5.41, 5.74) is 1.96. The fraction of sp³-hybridized carbons (Fsp3) is 0.412. The SMILES string of the molecule is COc1nn(Cc2nc3c4c5c(sc4ncn3n2)CCCCC5)cc1[N+](=O)[O-]. The molecule has 11 heteroatoms. The van der Waals surface area contributed by atoms with E-state index in [9.17, 15) is 10.1 Å². The molecule has 0 bridgehead atoms. The summed E-state index contributed by atoms with van der Waals surface area (Å²) in [6.45, 7) is 0.208. The van der Waals surface area contributed by atoms with Crippen molar-refractivity contribution in [2.75, 3.05) is 7.11 Å². The van der Waals surface area contributed by atoms with E-state index in [2.05, 4.69) is 15.2 Å². The van der Waals surface area contributed by atoms with Crippen LogP contribution in [0.2, 0.25) is 0 Å². The second-order valence-corrected chi connectivity index (χ2v) is 7.85. The van der Waals surface area contributed by atoms with E-state index in [1.165, 1.54) is 47.7 Å². The Labute approximate surface area is 162 Å². The molecule has 0 aromatic carbocycles. The quantitative estimate of drug-likeness (QED) is 0.294. The molecule has 0 saturated carbocycles. The molecule has 4 heterocycles. The molecule has 0 aliphatic heterocycles. The molecule has 0 N–H and O–H groups in total. The lowest BCUT2D eigenvalue weighted by molar-refractivity contribution is -0.385. The van der Waals surface area contributed by atoms with Gasteiger partial charge >= 0.3 is 11.6 Å². The Balaban J connectivity index is 1.57. The summed E-state index contributed by atoms with van der Waals surface area (Å²) >= 11 is 1.75. The second-order valence-electron chi connectivity index (χ2n) is 6.76. The van der Waals surface area contributed by atoms with E-state index in [1.807, 2.05) is 0 Å². The molecule has 4 aromatic rings. The van der Waals surface area contributed by atoms with Crippen molar-refractivity contribution in [3.05, 3.63) is 38.9 Å². The van der Waals surface area contributed by atoms with E-state index >= 15 is 0 Å². The van der Waals surface area contributed by atoms with Gasteiger partial charge in [0.2, 0.25) is 0 Å². The average molecular weight is 399 g/mol. The van der Waals surface area contributed by atoms with Crippen LogP contribution in [0.25, 0.3) is 15.9 Å². The molecule has 1 aliphatic carbocycles. The number of rotatable bonds is 4. The highest BCUT2D eigenvalue weighted by molar-refractivity contribution is 7.19. The number of fused-ring (bicyclic) bond motifs is 5. The molecule has 144 valence electrons. The van der Waals surface area contributed by atoms with Crippen LogP contribution in [-0.2, 0) is 19.4 Å². The van der Waals surface area contributed by atoms with E-state index in [0.717, 1.165) is 28.7 Å². The molecular weight excluding hydrogens is 382 g/mol. The monoisotopic (exact) mass is 399 g/mol. The van der Waals surface area contributed by atoms with Crippen molar-refractivity contribution in [3.8, 4) is 5.88 Å². The normalized spacial score (nSPS) is 14.3. The Kier molecular flexibility index (Phi) is 3.97. The number of ether oxygens (including phenoxy) is 1. The highest BCUT2D eigenvalue weighted by atomic mass is 32.1. The van der Waals surface area contributed by atoms with Gasteiger partial charge in [-0.15, -0.1) is 21.5 Å². The summed E-state index contributed by atoms with van der Waals surface area (Å²) in [7, 11) is 1.35. The van der Waals surface area contributed by atoms with E-state index in [-0.39, 0.29) is 18.1 Å². The summed E-state index contributed by atoms with van der Waals surface area (Å²) in [6, 6.07) is 0. The van der Waals surface area contributed by atoms with Crippen molar-refractivity contribution < 1.29 is 9.66 Å². The molecule has 0 unspecified atom stereocenters. The minimum atomic E-state index is -0.520. The van der Waals surface area contributed by atoms with Crippen molar-refractivity contribution in [2.24, 2.45) is 0 Å². The van der Waals surface area contributed by atoms with Crippen LogP contribution in [0.15, 0.2) is 12.5 Å². The molecule has 0 fully saturated rings. The molecule has 4 aromatic heterocycles. The van der Waals surface area contributed by atoms with Gasteiger partial charge in [0.25, 0.3) is 0 Å². The van der Waals surface area contributed by atoms with Crippen molar-refractivity contribution >= 4 is 32.9 Å². The van der Waals surface area contributed by atoms with Gasteiger partial charge < -0.3 is 4.74 Å². The smallest absolute Gasteiger partial charge is 0.350 e. The largest absolute Gasteiger partial charge is 0.475 e. The van der Waals surface area contributed by atoms with Crippen molar-refractivity contribution in [1.82, 2.24) is 29.4 Å². The van der Waals surface area contributed by atoms with Gasteiger partial charge in [-0.25, -0.2) is 14.5 Å². The first-order chi connectivity index (χ1) is 13.6. The third kappa shape index (κ3) is 2.70. The van der Waals surface area contributed by atoms with Crippen LogP contribution in [0.5, 0.6) is 5.88 Å². The number of nitrogens with zero attached hydrogens (tertiary/aromatic N) is 7. The maximum Gasteiger partial charge on any atom is 0.350 e. The van der Waals surface area contributed by atoms with Gasteiger partial charge in [0.1, 0.15) is 23.9 Å². The summed E-state index contributed by atoms with van der Waals surface area (Å²) in [5.74, 6) is 0.490. The van der Waals surface area contributed by atoms with Crippen LogP contribution in [0.1, 0.15) is 35.5 Å². The van der Waals surface area contributed by atoms with Gasteiger partial charge in [-0.1, -0.05) is 6.42 Å². The predicted octanol–water partition coefficient (Wildman–Crippen LogP) is 2.77. The Hall–Kier alpha value is -3.08. The maximum atomic E-state index is 11.1. The van der Waals surface area contributed by atoms with E-state index < -0.39 is 4.92 Å². The molecule has 0 saturated heterocycles. The van der Waals surface area contributed by atoms with Crippen LogP contribution in [-0.4, -0.2) is 41.4 Å². The topological polar surface area (TPSA) is 113 Å². The van der Waals surface area contributed by atoms with Gasteiger partial charge in [-0.2, -0.15) is 0 Å². The van der Waals surface area contributed by atoms with Crippen LogP contribution >= 0.6 is 11.3 Å². The van der Waals surface area contributed by atoms with Crippen LogP contribution in [0.3, 0.4) is 0 Å². The maximum absolute atomic E-state index is 11.1. The van der Waals surface area contributed by atoms with Crippen molar-refractivity contribution in [3.63, 3.8) is 0 Å². The Morgan fingerprint density at radius 1 is 1.29 bits per heavy atom. The third-order valence-corrected chi connectivity index (χ3v) is 6.19. The molecule has 0 amide bonds. The number of thiophene rings is 1. The highest BCUT2D eigenvalue weighted by Gasteiger charge is 2.22. The number of nitro groups is 1. The van der Waals surface area contributed by atoms with E-state index in [1.54, 1.807) is 22.2 Å². The van der Waals surface area contributed by atoms with Crippen molar-refractivity contribution in [1.29, 1.82) is 0 Å². The lowest BCUT2D eigenvalue weighted by atomic mass is 10.1. The molecule has 0 spiro atoms. The molecule has 0 radical (unpaired) electrons. The van der Waals surface area contributed by atoms with Crippen LogP contribution in [0, 0.1) is 10.1 Å². The number of hydrogen-bond acceptors (Lipinski definition) is 8. The minimum Gasteiger partial charge on any atom is -0.475 e. The summed E-state index contributed by atoms with van der Waals surface area (Å²) in [4.78, 5) is 22.3. The minimum absolute atomic E-state index is 0.0269. The fourth-order valence-electron chi connectivity index (χ4n) is 3.73. The van der Waals surface area contributed by atoms with Crippen molar-refractivity contribution in [2.45, 2.75) is 38.6 Å². The first-order valence-corrected chi connectivity index (χ1v) is 9.86. The molecule has 0 atom stereocenters. The Morgan fingerprint density at radius 3 is 2.93 bits per heavy atom. The fourth-order valence-corrected chi connectivity index (χ4v) is 4.96. The molecule has 1 aliphatic rings. The van der Waals surface area contributed by atoms with Crippen LogP contribution in [0.4, 0.5) is 5.69 Å². The van der Waals surface area contributed by atoms with Gasteiger partial charge in [-0.3, -0.25) is 14.8 Å². The standard InChI is InChI=1S/C17H17N7O3S/c1-27-16-11(24(25)26)7-22(21-16)8-13-19-15-14-10-5-3-2-4-6-12(10)28-17(14)18-9-23(15)20-13/h7,9H,2-6,8H2,1H3. The summed E-state index contributed by atoms with van der Waals surface area (Å²) < 4.78 is 8.08. The van der Waals surface area contributed by atoms with E-state index in [0.29, 0.717) is 5.82 Å². The van der Waals surface area contributed by atoms with E-state index in [4.69, 9.17) is 9.72 Å². The number of hydrogen-bond donors (Lipinski definition) is 0. The lowest BCUT2D eigenvalue weighted by Gasteiger charge is -1.98. The zero-order valence-electron chi connectivity index (χ0n) is 15.2. The predicted molar refractivity (Wildman–Crippen MR) is 102 cm³/mol. The summed E-state index contributed by atoms with van der Waals surface area (Å²) in [6.07, 6.45) is 8.79. The molecule has 28 heavy (non-hydrogen) atoms. The Bertz CT molecular complexity index is 1210. The molecular formula is C17H17N7O3S. The number of methoxy groups -OCH3 is 1. The number of aromatic nitrogens is 6. The highest BCUT2D eigenvalue weighted by Crippen LogP contribution is 2.36. The number of aryl methyl sites for hydroxylation is 2. The Morgan fingerprint density at radius 2 is 2.14 bits per heavy atom. The van der Waals surface area contributed by atoms with Gasteiger partial charge in [0.05, 0.1) is 17.4 Å². The first kappa shape index (κ1) is 17.0. The first-order valence-electron chi connectivity index (χ1n) is 9.04. The molecule has 5 rings (SSSR count). The third-order valence-electron chi connectivity index (χ3n) is 4.99. The van der Waals surface area contributed by atoms with Crippen LogP contribution < -0.4 is 4.74 Å². The zero-order valence-corrected chi connectivity index (χ0v) is 16.0. The summed E-state index contributed by atoms with van der Waals surface area (Å²) in [5, 5.41) is 20.8. The zero-order chi connectivity index (χ0) is 19.3. The van der Waals surface area contributed by atoms with Gasteiger partial charge in [-0.05, 0) is 31.2 Å². The van der Waals surface area contributed by atoms with Gasteiger partial charge in [0, 0.05) is 4.88 Å². The van der Waals surface area contributed by atoms with Gasteiger partial charge in [0.15, 0.2) is 11.5 Å². The lowest BCUT2D eigenvalue weighted by Crippen LogP contribution is -2.02. The second kappa shape index (κ2) is 6.51.